The molecule has 0 saturated carbocycles. The summed E-state index contributed by atoms with van der Waals surface area (Å²) in [5.74, 6) is 0.939. The van der Waals surface area contributed by atoms with Gasteiger partial charge in [0.2, 0.25) is 0 Å². The lowest BCUT2D eigenvalue weighted by Gasteiger charge is -2.35. The van der Waals surface area contributed by atoms with E-state index in [4.69, 9.17) is 5.26 Å². The number of hydrogen-bond acceptors (Lipinski definition) is 5. The standard InChI is InChI=1S/C18H19F2N5/c1-13-22-16(18(19)20)10-17(23-13)25-8-6-24(7-9-25)12-15-4-2-14(11-21)3-5-15/h2-5,10,18H,6-9,12H2,1H3. The van der Waals surface area contributed by atoms with Crippen molar-refractivity contribution in [3.05, 3.63) is 53.0 Å². The maximum Gasteiger partial charge on any atom is 0.280 e. The van der Waals surface area contributed by atoms with Gasteiger partial charge in [0, 0.05) is 38.8 Å². The van der Waals surface area contributed by atoms with Crippen LogP contribution in [0, 0.1) is 18.3 Å². The van der Waals surface area contributed by atoms with E-state index in [1.807, 2.05) is 29.2 Å². The Morgan fingerprint density at radius 2 is 1.80 bits per heavy atom. The number of hydrogen-bond donors (Lipinski definition) is 0. The second kappa shape index (κ2) is 7.53. The molecule has 1 aromatic heterocycles. The Balaban J connectivity index is 1.61. The molecule has 7 heteroatoms. The molecule has 0 aliphatic carbocycles. The predicted octanol–water partition coefficient (Wildman–Crippen LogP) is 2.92. The summed E-state index contributed by atoms with van der Waals surface area (Å²) < 4.78 is 25.8. The highest BCUT2D eigenvalue weighted by Gasteiger charge is 2.20. The third kappa shape index (κ3) is 4.28. The average Bonchev–Trinajstić information content (AvgIpc) is 2.62. The number of anilines is 1. The van der Waals surface area contributed by atoms with Crippen molar-refractivity contribution in [1.29, 1.82) is 5.26 Å². The first-order chi connectivity index (χ1) is 12.0. The number of benzene rings is 1. The first-order valence-corrected chi connectivity index (χ1v) is 8.15. The summed E-state index contributed by atoms with van der Waals surface area (Å²) in [6, 6.07) is 11.1. The average molecular weight is 343 g/mol. The highest BCUT2D eigenvalue weighted by molar-refractivity contribution is 5.41. The molecule has 3 rings (SSSR count). The van der Waals surface area contributed by atoms with Crippen LogP contribution in [-0.2, 0) is 6.54 Å². The summed E-state index contributed by atoms with van der Waals surface area (Å²) in [7, 11) is 0. The maximum atomic E-state index is 12.9. The molecule has 0 amide bonds. The topological polar surface area (TPSA) is 56.1 Å². The number of nitriles is 1. The van der Waals surface area contributed by atoms with Crippen LogP contribution >= 0.6 is 0 Å². The van der Waals surface area contributed by atoms with Crippen molar-refractivity contribution in [2.24, 2.45) is 0 Å². The van der Waals surface area contributed by atoms with Crippen LogP contribution < -0.4 is 4.90 Å². The normalized spacial score (nSPS) is 15.4. The molecule has 2 heterocycles. The summed E-state index contributed by atoms with van der Waals surface area (Å²) in [6.07, 6.45) is -2.59. The highest BCUT2D eigenvalue weighted by atomic mass is 19.3. The van der Waals surface area contributed by atoms with Gasteiger partial charge in [-0.15, -0.1) is 0 Å². The van der Waals surface area contributed by atoms with Gasteiger partial charge in [-0.1, -0.05) is 12.1 Å². The number of rotatable bonds is 4. The third-order valence-electron chi connectivity index (χ3n) is 4.25. The van der Waals surface area contributed by atoms with Crippen molar-refractivity contribution in [3.8, 4) is 6.07 Å². The summed E-state index contributed by atoms with van der Waals surface area (Å²) in [4.78, 5) is 12.4. The molecule has 1 aliphatic heterocycles. The molecule has 0 unspecified atom stereocenters. The predicted molar refractivity (Wildman–Crippen MR) is 90.4 cm³/mol. The van der Waals surface area contributed by atoms with Gasteiger partial charge in [0.05, 0.1) is 11.6 Å². The lowest BCUT2D eigenvalue weighted by Crippen LogP contribution is -2.46. The molecule has 0 bridgehead atoms. The van der Waals surface area contributed by atoms with Crippen LogP contribution in [0.15, 0.2) is 30.3 Å². The molecule has 0 spiro atoms. The number of piperazine rings is 1. The lowest BCUT2D eigenvalue weighted by molar-refractivity contribution is 0.145. The van der Waals surface area contributed by atoms with Crippen molar-refractivity contribution in [2.45, 2.75) is 19.9 Å². The van der Waals surface area contributed by atoms with Gasteiger partial charge in [-0.3, -0.25) is 4.90 Å². The van der Waals surface area contributed by atoms with E-state index in [0.717, 1.165) is 38.3 Å². The Bertz CT molecular complexity index is 762. The number of aryl methyl sites for hydroxylation is 1. The van der Waals surface area contributed by atoms with Crippen molar-refractivity contribution in [3.63, 3.8) is 0 Å². The van der Waals surface area contributed by atoms with E-state index in [2.05, 4.69) is 20.9 Å². The molecule has 1 aromatic carbocycles. The maximum absolute atomic E-state index is 12.9. The zero-order valence-electron chi connectivity index (χ0n) is 14.0. The molecule has 1 aliphatic rings. The van der Waals surface area contributed by atoms with E-state index < -0.39 is 6.43 Å². The Labute approximate surface area is 145 Å². The number of alkyl halides is 2. The summed E-state index contributed by atoms with van der Waals surface area (Å²) in [5.41, 5.74) is 1.59. The van der Waals surface area contributed by atoms with Crippen molar-refractivity contribution < 1.29 is 8.78 Å². The van der Waals surface area contributed by atoms with Gasteiger partial charge in [-0.05, 0) is 24.6 Å². The summed E-state index contributed by atoms with van der Waals surface area (Å²) in [5, 5.41) is 8.84. The molecule has 0 radical (unpaired) electrons. The van der Waals surface area contributed by atoms with Crippen LogP contribution in [0.25, 0.3) is 0 Å². The van der Waals surface area contributed by atoms with Gasteiger partial charge in [0.1, 0.15) is 17.3 Å². The molecule has 0 atom stereocenters. The van der Waals surface area contributed by atoms with Crippen LogP contribution in [0.1, 0.15) is 29.1 Å². The highest BCUT2D eigenvalue weighted by Crippen LogP contribution is 2.22. The fourth-order valence-electron chi connectivity index (χ4n) is 2.93. The number of nitrogens with zero attached hydrogens (tertiary/aromatic N) is 5. The monoisotopic (exact) mass is 343 g/mol. The molecular weight excluding hydrogens is 324 g/mol. The Morgan fingerprint density at radius 3 is 2.40 bits per heavy atom. The van der Waals surface area contributed by atoms with E-state index >= 15 is 0 Å². The molecule has 1 fully saturated rings. The first kappa shape index (κ1) is 17.2. The largest absolute Gasteiger partial charge is 0.354 e. The zero-order chi connectivity index (χ0) is 17.8. The Hall–Kier alpha value is -2.59. The van der Waals surface area contributed by atoms with Gasteiger partial charge < -0.3 is 4.90 Å². The first-order valence-electron chi connectivity index (χ1n) is 8.15. The lowest BCUT2D eigenvalue weighted by atomic mass is 10.1. The molecular formula is C18H19F2N5. The van der Waals surface area contributed by atoms with Crippen LogP contribution in [0.3, 0.4) is 0 Å². The summed E-state index contributed by atoms with van der Waals surface area (Å²) >= 11 is 0. The van der Waals surface area contributed by atoms with E-state index in [1.54, 1.807) is 6.92 Å². The minimum Gasteiger partial charge on any atom is -0.354 e. The van der Waals surface area contributed by atoms with Gasteiger partial charge in [0.15, 0.2) is 0 Å². The van der Waals surface area contributed by atoms with Crippen molar-refractivity contribution in [1.82, 2.24) is 14.9 Å². The third-order valence-corrected chi connectivity index (χ3v) is 4.25. The molecule has 130 valence electrons. The van der Waals surface area contributed by atoms with E-state index in [9.17, 15) is 8.78 Å². The second-order valence-electron chi connectivity index (χ2n) is 6.07. The number of aromatic nitrogens is 2. The quantitative estimate of drug-likeness (QED) is 0.854. The fraction of sp³-hybridized carbons (Fsp3) is 0.389. The molecule has 1 saturated heterocycles. The SMILES string of the molecule is Cc1nc(C(F)F)cc(N2CCN(Cc3ccc(C#N)cc3)CC2)n1. The van der Waals surface area contributed by atoms with Crippen LogP contribution in [0.4, 0.5) is 14.6 Å². The zero-order valence-corrected chi connectivity index (χ0v) is 14.0. The van der Waals surface area contributed by atoms with Crippen LogP contribution in [0.2, 0.25) is 0 Å². The minimum absolute atomic E-state index is 0.220. The molecule has 0 N–H and O–H groups in total. The number of halogens is 2. The Morgan fingerprint density at radius 1 is 1.12 bits per heavy atom. The fourth-order valence-corrected chi connectivity index (χ4v) is 2.93. The molecule has 25 heavy (non-hydrogen) atoms. The van der Waals surface area contributed by atoms with Crippen LogP contribution in [0.5, 0.6) is 0 Å². The molecule has 2 aromatic rings. The van der Waals surface area contributed by atoms with E-state index in [1.165, 1.54) is 6.07 Å². The molecule has 5 nitrogen and oxygen atoms in total. The van der Waals surface area contributed by atoms with Gasteiger partial charge in [-0.25, -0.2) is 18.7 Å². The van der Waals surface area contributed by atoms with Gasteiger partial charge >= 0.3 is 0 Å². The van der Waals surface area contributed by atoms with E-state index in [0.29, 0.717) is 17.2 Å². The van der Waals surface area contributed by atoms with Gasteiger partial charge in [-0.2, -0.15) is 5.26 Å². The van der Waals surface area contributed by atoms with Crippen molar-refractivity contribution in [2.75, 3.05) is 31.1 Å². The smallest absolute Gasteiger partial charge is 0.280 e. The van der Waals surface area contributed by atoms with Crippen LogP contribution in [-0.4, -0.2) is 41.0 Å². The summed E-state index contributed by atoms with van der Waals surface area (Å²) in [6.45, 7) is 5.56. The van der Waals surface area contributed by atoms with E-state index in [-0.39, 0.29) is 5.69 Å². The van der Waals surface area contributed by atoms with Gasteiger partial charge in [0.25, 0.3) is 6.43 Å². The Kier molecular flexibility index (Phi) is 5.19. The second-order valence-corrected chi connectivity index (χ2v) is 6.07. The van der Waals surface area contributed by atoms with Crippen molar-refractivity contribution >= 4 is 5.82 Å². The minimum atomic E-state index is -2.59.